The third kappa shape index (κ3) is 5.76. The average molecular weight is 730 g/mol. The van der Waals surface area contributed by atoms with Crippen LogP contribution in [0.2, 0.25) is 0 Å². The van der Waals surface area contributed by atoms with Crippen LogP contribution in [0.1, 0.15) is 0 Å². The number of hydrogen-bond donors (Lipinski definition) is 0. The number of furan rings is 2. The van der Waals surface area contributed by atoms with Crippen LogP contribution in [0.3, 0.4) is 0 Å². The second-order valence-electron chi connectivity index (χ2n) is 14.5. The lowest BCUT2D eigenvalue weighted by molar-refractivity contribution is 0.669. The molecule has 3 nitrogen and oxygen atoms in total. The van der Waals surface area contributed by atoms with Gasteiger partial charge in [0.15, 0.2) is 0 Å². The SMILES string of the molecule is c1ccc(-c2cccc(-c3ccc(N(c4ccc(-c5ccc6oc7c(-c8ccccc8)cccc7c6c5)cc4)c4cccc5oc6ccccc6c45)cc3)c2)cc1. The van der Waals surface area contributed by atoms with E-state index in [9.17, 15) is 0 Å². The summed E-state index contributed by atoms with van der Waals surface area (Å²) in [5.41, 5.74) is 16.0. The summed E-state index contributed by atoms with van der Waals surface area (Å²) in [6.45, 7) is 0. The molecule has 57 heavy (non-hydrogen) atoms. The first-order valence-corrected chi connectivity index (χ1v) is 19.3. The zero-order chi connectivity index (χ0) is 37.7. The van der Waals surface area contributed by atoms with E-state index in [1.165, 1.54) is 16.7 Å². The molecule has 0 atom stereocenters. The normalized spacial score (nSPS) is 11.5. The van der Waals surface area contributed by atoms with Gasteiger partial charge in [0.2, 0.25) is 0 Å². The van der Waals surface area contributed by atoms with Crippen molar-refractivity contribution in [2.24, 2.45) is 0 Å². The zero-order valence-electron chi connectivity index (χ0n) is 31.0. The van der Waals surface area contributed by atoms with Crippen LogP contribution >= 0.6 is 0 Å². The average Bonchev–Trinajstić information content (AvgIpc) is 3.86. The van der Waals surface area contributed by atoms with E-state index < -0.39 is 0 Å². The molecular formula is C54H35NO2. The lowest BCUT2D eigenvalue weighted by atomic mass is 9.98. The van der Waals surface area contributed by atoms with Crippen molar-refractivity contribution in [1.82, 2.24) is 0 Å². The summed E-state index contributed by atoms with van der Waals surface area (Å²) in [6.07, 6.45) is 0. The summed E-state index contributed by atoms with van der Waals surface area (Å²) in [7, 11) is 0. The number of hydrogen-bond acceptors (Lipinski definition) is 3. The maximum Gasteiger partial charge on any atom is 0.143 e. The van der Waals surface area contributed by atoms with Crippen molar-refractivity contribution in [3.8, 4) is 44.5 Å². The Bertz CT molecular complexity index is 3210. The second-order valence-corrected chi connectivity index (χ2v) is 14.5. The van der Waals surface area contributed by atoms with Crippen molar-refractivity contribution in [1.29, 1.82) is 0 Å². The maximum atomic E-state index is 6.48. The molecule has 0 bridgehead atoms. The minimum Gasteiger partial charge on any atom is -0.456 e. The number of fused-ring (bicyclic) bond motifs is 6. The molecule has 0 radical (unpaired) electrons. The first kappa shape index (κ1) is 32.8. The van der Waals surface area contributed by atoms with Crippen molar-refractivity contribution in [3.05, 3.63) is 212 Å². The molecule has 2 aromatic heterocycles. The Morgan fingerprint density at radius 2 is 0.807 bits per heavy atom. The fraction of sp³-hybridized carbons (Fsp3) is 0. The van der Waals surface area contributed by atoms with E-state index in [0.29, 0.717) is 0 Å². The van der Waals surface area contributed by atoms with E-state index in [2.05, 4.69) is 199 Å². The van der Waals surface area contributed by atoms with Crippen molar-refractivity contribution in [2.75, 3.05) is 4.90 Å². The van der Waals surface area contributed by atoms with Crippen molar-refractivity contribution < 1.29 is 8.83 Å². The number of nitrogens with zero attached hydrogens (tertiary/aromatic N) is 1. The van der Waals surface area contributed by atoms with Crippen LogP contribution in [-0.2, 0) is 0 Å². The van der Waals surface area contributed by atoms with Gasteiger partial charge >= 0.3 is 0 Å². The van der Waals surface area contributed by atoms with Gasteiger partial charge in [0.05, 0.1) is 11.1 Å². The molecule has 0 N–H and O–H groups in total. The molecule has 11 aromatic rings. The van der Waals surface area contributed by atoms with Gasteiger partial charge in [-0.15, -0.1) is 0 Å². The highest BCUT2D eigenvalue weighted by molar-refractivity contribution is 6.13. The van der Waals surface area contributed by atoms with Crippen LogP contribution < -0.4 is 4.90 Å². The Labute approximate surface area is 330 Å². The van der Waals surface area contributed by atoms with Gasteiger partial charge in [0, 0.05) is 33.1 Å². The fourth-order valence-electron chi connectivity index (χ4n) is 8.31. The molecule has 0 saturated carbocycles. The van der Waals surface area contributed by atoms with Gasteiger partial charge in [-0.1, -0.05) is 152 Å². The minimum atomic E-state index is 0.862. The molecule has 0 unspecified atom stereocenters. The van der Waals surface area contributed by atoms with Crippen molar-refractivity contribution in [3.63, 3.8) is 0 Å². The van der Waals surface area contributed by atoms with Crippen LogP contribution in [0, 0.1) is 0 Å². The summed E-state index contributed by atoms with van der Waals surface area (Å²) in [5.74, 6) is 0. The van der Waals surface area contributed by atoms with Crippen LogP contribution in [0.15, 0.2) is 221 Å². The third-order valence-corrected chi connectivity index (χ3v) is 11.1. The molecule has 0 spiro atoms. The Morgan fingerprint density at radius 1 is 0.298 bits per heavy atom. The number of para-hydroxylation sites is 2. The highest BCUT2D eigenvalue weighted by Gasteiger charge is 2.20. The van der Waals surface area contributed by atoms with Gasteiger partial charge in [0.1, 0.15) is 22.3 Å². The zero-order valence-corrected chi connectivity index (χ0v) is 31.0. The van der Waals surface area contributed by atoms with Gasteiger partial charge in [-0.2, -0.15) is 0 Å². The van der Waals surface area contributed by atoms with Gasteiger partial charge in [-0.25, -0.2) is 0 Å². The van der Waals surface area contributed by atoms with Crippen LogP contribution in [0.4, 0.5) is 17.1 Å². The number of anilines is 3. The van der Waals surface area contributed by atoms with Gasteiger partial charge < -0.3 is 13.7 Å². The lowest BCUT2D eigenvalue weighted by Crippen LogP contribution is -2.10. The molecule has 268 valence electrons. The summed E-state index contributed by atoms with van der Waals surface area (Å²) < 4.78 is 12.9. The Kier molecular flexibility index (Phi) is 7.82. The van der Waals surface area contributed by atoms with Gasteiger partial charge in [-0.05, 0) is 99.6 Å². The highest BCUT2D eigenvalue weighted by Crippen LogP contribution is 2.44. The van der Waals surface area contributed by atoms with Gasteiger partial charge in [-0.3, -0.25) is 0 Å². The molecule has 11 rings (SSSR count). The van der Waals surface area contributed by atoms with E-state index in [0.717, 1.165) is 88.8 Å². The smallest absolute Gasteiger partial charge is 0.143 e. The highest BCUT2D eigenvalue weighted by atomic mass is 16.3. The minimum absolute atomic E-state index is 0.862. The molecule has 9 aromatic carbocycles. The molecule has 0 aliphatic carbocycles. The fourth-order valence-corrected chi connectivity index (χ4v) is 8.31. The number of rotatable bonds is 7. The Morgan fingerprint density at radius 3 is 1.53 bits per heavy atom. The Hall–Kier alpha value is -7.62. The maximum absolute atomic E-state index is 6.48. The first-order valence-electron chi connectivity index (χ1n) is 19.3. The quantitative estimate of drug-likeness (QED) is 0.164. The molecule has 0 saturated heterocycles. The molecule has 0 fully saturated rings. The first-order chi connectivity index (χ1) is 28.2. The Balaban J connectivity index is 1.000. The summed E-state index contributed by atoms with van der Waals surface area (Å²) in [4.78, 5) is 2.34. The lowest BCUT2D eigenvalue weighted by Gasteiger charge is -2.26. The molecule has 3 heteroatoms. The summed E-state index contributed by atoms with van der Waals surface area (Å²) in [6, 6.07) is 75.1. The van der Waals surface area contributed by atoms with E-state index in [1.807, 2.05) is 18.2 Å². The van der Waals surface area contributed by atoms with E-state index >= 15 is 0 Å². The van der Waals surface area contributed by atoms with Crippen molar-refractivity contribution >= 4 is 60.9 Å². The molecule has 0 aliphatic rings. The molecule has 2 heterocycles. The predicted molar refractivity (Wildman–Crippen MR) is 237 cm³/mol. The molecular weight excluding hydrogens is 695 g/mol. The molecule has 0 amide bonds. The topological polar surface area (TPSA) is 29.5 Å². The largest absolute Gasteiger partial charge is 0.456 e. The van der Waals surface area contributed by atoms with Crippen LogP contribution in [0.5, 0.6) is 0 Å². The number of benzene rings is 9. The van der Waals surface area contributed by atoms with Crippen LogP contribution in [-0.4, -0.2) is 0 Å². The monoisotopic (exact) mass is 729 g/mol. The van der Waals surface area contributed by atoms with E-state index in [-0.39, 0.29) is 0 Å². The standard InChI is InChI=1S/C54H35NO2/c1-3-12-36(13-4-1)40-16-9-17-41(34-40)37-24-29-43(30-25-37)55(49-21-11-23-52-53(49)47-18-7-8-22-50(47)56-52)44-31-26-38(27-32-44)42-28-33-51-48(35-42)46-20-10-19-45(54(46)57-51)39-14-5-2-6-15-39/h1-35H. The van der Waals surface area contributed by atoms with Crippen molar-refractivity contribution in [2.45, 2.75) is 0 Å². The summed E-state index contributed by atoms with van der Waals surface area (Å²) in [5, 5.41) is 4.41. The summed E-state index contributed by atoms with van der Waals surface area (Å²) >= 11 is 0. The van der Waals surface area contributed by atoms with Crippen LogP contribution in [0.25, 0.3) is 88.4 Å². The van der Waals surface area contributed by atoms with E-state index in [1.54, 1.807) is 0 Å². The third-order valence-electron chi connectivity index (χ3n) is 11.1. The van der Waals surface area contributed by atoms with Gasteiger partial charge in [0.25, 0.3) is 0 Å². The molecule has 0 aliphatic heterocycles. The predicted octanol–water partition coefficient (Wildman–Crippen LogP) is 15.6. The second kappa shape index (κ2) is 13.6. The van der Waals surface area contributed by atoms with E-state index in [4.69, 9.17) is 8.83 Å².